The van der Waals surface area contributed by atoms with Crippen molar-refractivity contribution in [3.63, 3.8) is 0 Å². The fraction of sp³-hybridized carbons (Fsp3) is 0.792. The van der Waals surface area contributed by atoms with E-state index in [0.717, 1.165) is 44.9 Å². The molecule has 9 nitrogen and oxygen atoms in total. The molecule has 2 atom stereocenters. The number of carboxylic acid groups (broad SMARTS) is 1. The van der Waals surface area contributed by atoms with Gasteiger partial charge in [0.1, 0.15) is 13.2 Å². The van der Waals surface area contributed by atoms with Crippen molar-refractivity contribution in [2.75, 3.05) is 47.5 Å². The highest BCUT2D eigenvalue weighted by Gasteiger charge is 2.21. The predicted octanol–water partition coefficient (Wildman–Crippen LogP) is 19.6. The number of carbonyl (C=O) groups is 3. The molecular formula is C72H129NO8. The lowest BCUT2D eigenvalue weighted by Gasteiger charge is -2.26. The van der Waals surface area contributed by atoms with E-state index in [2.05, 4.69) is 68.5 Å². The van der Waals surface area contributed by atoms with E-state index < -0.39 is 24.3 Å². The minimum atomic E-state index is -1.65. The Morgan fingerprint density at radius 3 is 1.10 bits per heavy atom. The summed E-state index contributed by atoms with van der Waals surface area (Å²) in [6.07, 6.45) is 80.6. The quantitative estimate of drug-likeness (QED) is 0.0195. The molecule has 0 aromatic heterocycles. The molecule has 470 valence electrons. The first-order chi connectivity index (χ1) is 39.6. The number of hydrogen-bond donors (Lipinski definition) is 0. The molecule has 0 amide bonds. The molecule has 2 unspecified atom stereocenters. The summed E-state index contributed by atoms with van der Waals surface area (Å²) in [6, 6.07) is 0. The number of hydrogen-bond acceptors (Lipinski definition) is 8. The molecule has 0 aromatic rings. The predicted molar refractivity (Wildman–Crippen MR) is 343 cm³/mol. The summed E-state index contributed by atoms with van der Waals surface area (Å²) in [4.78, 5) is 37.2. The number of nitrogens with zero attached hydrogens (tertiary/aromatic N) is 1. The number of allylic oxidation sites excluding steroid dienone is 11. The van der Waals surface area contributed by atoms with E-state index in [1.54, 1.807) is 6.08 Å². The van der Waals surface area contributed by atoms with Crippen molar-refractivity contribution in [3.05, 3.63) is 72.9 Å². The minimum Gasteiger partial charge on any atom is -0.545 e. The van der Waals surface area contributed by atoms with Crippen molar-refractivity contribution < 1.29 is 42.9 Å². The summed E-state index contributed by atoms with van der Waals surface area (Å²) < 4.78 is 22.6. The zero-order valence-electron chi connectivity index (χ0n) is 53.7. The third-order valence-corrected chi connectivity index (χ3v) is 15.0. The third kappa shape index (κ3) is 64.1. The zero-order valence-corrected chi connectivity index (χ0v) is 53.7. The lowest BCUT2D eigenvalue weighted by Crippen LogP contribution is -2.44. The molecule has 0 heterocycles. The van der Waals surface area contributed by atoms with Crippen LogP contribution in [0, 0.1) is 0 Å². The summed E-state index contributed by atoms with van der Waals surface area (Å²) in [5.41, 5.74) is 0. The SMILES string of the molecule is CC/C=C\C/C=C\C/C=C\C/C=C\C/C=C\CC(=O)OC(COC(=O)CCCCCCCCCCCCCCCCCCCCCCCCCCCCCCC/C=C\CCCCCCCCCC)COC(OCC[N+](C)(C)C)C(=O)[O-]. The first kappa shape index (κ1) is 77.7. The van der Waals surface area contributed by atoms with Gasteiger partial charge in [0, 0.05) is 6.42 Å². The van der Waals surface area contributed by atoms with Crippen LogP contribution in [0.5, 0.6) is 0 Å². The number of carboxylic acids is 1. The Hall–Kier alpha value is -3.27. The van der Waals surface area contributed by atoms with Crippen LogP contribution in [0.3, 0.4) is 0 Å². The molecule has 0 aliphatic heterocycles. The minimum absolute atomic E-state index is 0.0149. The lowest BCUT2D eigenvalue weighted by molar-refractivity contribution is -0.870. The maximum absolute atomic E-state index is 12.8. The normalized spacial score (nSPS) is 13.1. The van der Waals surface area contributed by atoms with Crippen LogP contribution in [0.4, 0.5) is 0 Å². The zero-order chi connectivity index (χ0) is 59.1. The summed E-state index contributed by atoms with van der Waals surface area (Å²) in [7, 11) is 5.89. The maximum atomic E-state index is 12.8. The molecule has 0 radical (unpaired) electrons. The van der Waals surface area contributed by atoms with E-state index >= 15 is 0 Å². The molecule has 0 rings (SSSR count). The Balaban J connectivity index is 3.92. The number of likely N-dealkylation sites (N-methyl/N-ethyl adjacent to an activating group) is 1. The smallest absolute Gasteiger partial charge is 0.310 e. The van der Waals surface area contributed by atoms with Crippen molar-refractivity contribution in [3.8, 4) is 0 Å². The van der Waals surface area contributed by atoms with E-state index in [-0.39, 0.29) is 38.6 Å². The largest absolute Gasteiger partial charge is 0.545 e. The highest BCUT2D eigenvalue weighted by molar-refractivity contribution is 5.71. The van der Waals surface area contributed by atoms with Gasteiger partial charge < -0.3 is 33.3 Å². The second kappa shape index (κ2) is 62.8. The van der Waals surface area contributed by atoms with Gasteiger partial charge in [-0.05, 0) is 64.2 Å². The Bertz CT molecular complexity index is 1560. The molecule has 0 bridgehead atoms. The van der Waals surface area contributed by atoms with Crippen molar-refractivity contribution >= 4 is 17.9 Å². The Morgan fingerprint density at radius 2 is 0.741 bits per heavy atom. The van der Waals surface area contributed by atoms with Gasteiger partial charge in [0.05, 0.1) is 46.7 Å². The Labute approximate surface area is 500 Å². The molecule has 0 fully saturated rings. The summed E-state index contributed by atoms with van der Waals surface area (Å²) in [5.74, 6) is -2.44. The van der Waals surface area contributed by atoms with Gasteiger partial charge in [0.15, 0.2) is 12.4 Å². The average Bonchev–Trinajstić information content (AvgIpc) is 3.44. The van der Waals surface area contributed by atoms with Gasteiger partial charge in [0.25, 0.3) is 0 Å². The number of rotatable bonds is 63. The average molecular weight is 1140 g/mol. The third-order valence-electron chi connectivity index (χ3n) is 15.0. The fourth-order valence-corrected chi connectivity index (χ4v) is 9.79. The molecule has 0 spiro atoms. The van der Waals surface area contributed by atoms with Gasteiger partial charge in [0.2, 0.25) is 0 Å². The van der Waals surface area contributed by atoms with E-state index in [1.165, 1.54) is 231 Å². The standard InChI is InChI=1S/C72H129NO8/c1-6-8-10-12-14-16-18-20-22-23-24-25-26-27-28-29-30-31-32-33-34-35-36-37-38-39-40-41-42-43-44-45-46-47-49-50-52-54-56-58-60-62-69(74)79-66-68(67-80-72(71(76)77)78-65-64-73(3,4)5)81-70(75)63-61-59-57-55-53-51-48-21-19-17-15-13-11-9-7-2/h9,11,15,17,21,23-24,48,53,55,59,61,68,72H,6-8,10,12-14,16,18-20,22,25-47,49-52,54,56-58,60,62-67H2,1-5H3/b11-9-,17-15-,24-23-,48-21-,55-53-,61-59-. The van der Waals surface area contributed by atoms with Gasteiger partial charge >= 0.3 is 11.9 Å². The van der Waals surface area contributed by atoms with Gasteiger partial charge in [-0.1, -0.05) is 305 Å². The molecule has 9 heteroatoms. The summed E-state index contributed by atoms with van der Waals surface area (Å²) >= 11 is 0. The van der Waals surface area contributed by atoms with E-state index in [0.29, 0.717) is 17.4 Å². The number of unbranched alkanes of at least 4 members (excludes halogenated alkanes) is 37. The molecule has 0 aliphatic rings. The highest BCUT2D eigenvalue weighted by Crippen LogP contribution is 2.18. The number of esters is 2. The molecule has 0 aliphatic carbocycles. The number of quaternary nitrogens is 1. The highest BCUT2D eigenvalue weighted by atomic mass is 16.7. The molecule has 0 saturated heterocycles. The topological polar surface area (TPSA) is 111 Å². The monoisotopic (exact) mass is 1140 g/mol. The number of aliphatic carboxylic acids is 1. The number of ether oxygens (including phenoxy) is 4. The van der Waals surface area contributed by atoms with Crippen LogP contribution in [0.25, 0.3) is 0 Å². The van der Waals surface area contributed by atoms with Crippen LogP contribution in [-0.4, -0.2) is 82.3 Å². The van der Waals surface area contributed by atoms with Crippen LogP contribution in [0.15, 0.2) is 72.9 Å². The van der Waals surface area contributed by atoms with E-state index in [4.69, 9.17) is 18.9 Å². The Kier molecular flexibility index (Phi) is 60.2. The summed E-state index contributed by atoms with van der Waals surface area (Å²) in [5, 5.41) is 11.8. The van der Waals surface area contributed by atoms with Crippen molar-refractivity contribution in [1.29, 1.82) is 0 Å². The first-order valence-electron chi connectivity index (χ1n) is 34.1. The second-order valence-electron chi connectivity index (χ2n) is 24.1. The lowest BCUT2D eigenvalue weighted by atomic mass is 10.0. The van der Waals surface area contributed by atoms with E-state index in [9.17, 15) is 19.5 Å². The van der Waals surface area contributed by atoms with Gasteiger partial charge in [-0.3, -0.25) is 9.59 Å². The molecule has 81 heavy (non-hydrogen) atoms. The van der Waals surface area contributed by atoms with Crippen LogP contribution >= 0.6 is 0 Å². The van der Waals surface area contributed by atoms with Crippen molar-refractivity contribution in [2.45, 2.75) is 322 Å². The van der Waals surface area contributed by atoms with E-state index in [1.807, 2.05) is 33.3 Å². The summed E-state index contributed by atoms with van der Waals surface area (Å²) in [6.45, 7) is 4.54. The van der Waals surface area contributed by atoms with Crippen LogP contribution < -0.4 is 5.11 Å². The van der Waals surface area contributed by atoms with Crippen molar-refractivity contribution in [2.24, 2.45) is 0 Å². The van der Waals surface area contributed by atoms with Gasteiger partial charge in [-0.15, -0.1) is 0 Å². The molecule has 0 N–H and O–H groups in total. The van der Waals surface area contributed by atoms with Crippen LogP contribution in [-0.2, 0) is 33.3 Å². The van der Waals surface area contributed by atoms with Crippen molar-refractivity contribution in [1.82, 2.24) is 0 Å². The molecule has 0 saturated carbocycles. The van der Waals surface area contributed by atoms with Gasteiger partial charge in [-0.25, -0.2) is 0 Å². The fourth-order valence-electron chi connectivity index (χ4n) is 9.79. The van der Waals surface area contributed by atoms with Crippen LogP contribution in [0.2, 0.25) is 0 Å². The maximum Gasteiger partial charge on any atom is 0.310 e. The first-order valence-corrected chi connectivity index (χ1v) is 34.1. The second-order valence-corrected chi connectivity index (χ2v) is 24.1. The van der Waals surface area contributed by atoms with Gasteiger partial charge in [-0.2, -0.15) is 0 Å². The molecular weight excluding hydrogens is 1010 g/mol. The number of carbonyl (C=O) groups excluding carboxylic acids is 3. The molecule has 0 aromatic carbocycles. The van der Waals surface area contributed by atoms with Crippen LogP contribution in [0.1, 0.15) is 309 Å². The Morgan fingerprint density at radius 1 is 0.395 bits per heavy atom.